The van der Waals surface area contributed by atoms with E-state index < -0.39 is 23.7 Å². The summed E-state index contributed by atoms with van der Waals surface area (Å²) in [7, 11) is 1.28. The first kappa shape index (κ1) is 30.5. The number of hydrogen-bond donors (Lipinski definition) is 1. The van der Waals surface area contributed by atoms with Gasteiger partial charge in [-0.2, -0.15) is 0 Å². The fourth-order valence-electron chi connectivity index (χ4n) is 5.31. The second-order valence-corrected chi connectivity index (χ2v) is 12.1. The highest BCUT2D eigenvalue weighted by Crippen LogP contribution is 2.33. The molecule has 2 aromatic carbocycles. The van der Waals surface area contributed by atoms with Crippen molar-refractivity contribution >= 4 is 34.6 Å². The van der Waals surface area contributed by atoms with Crippen molar-refractivity contribution in [3.63, 3.8) is 0 Å². The lowest BCUT2D eigenvalue weighted by atomic mass is 10.0. The van der Waals surface area contributed by atoms with Crippen LogP contribution in [0.4, 0.5) is 4.79 Å². The summed E-state index contributed by atoms with van der Waals surface area (Å²) in [5.41, 5.74) is 9.59. The number of esters is 1. The first-order valence-corrected chi connectivity index (χ1v) is 14.5. The number of methoxy groups -OCH3 is 1. The van der Waals surface area contributed by atoms with E-state index in [9.17, 15) is 9.59 Å². The van der Waals surface area contributed by atoms with E-state index in [1.165, 1.54) is 12.7 Å². The van der Waals surface area contributed by atoms with Gasteiger partial charge in [0.2, 0.25) is 5.89 Å². The summed E-state index contributed by atoms with van der Waals surface area (Å²) in [6.45, 7) is 13.6. The van der Waals surface area contributed by atoms with E-state index in [-0.39, 0.29) is 6.42 Å². The predicted molar refractivity (Wildman–Crippen MR) is 171 cm³/mol. The number of ether oxygens (including phenoxy) is 2. The Balaban J connectivity index is 1.42. The Morgan fingerprint density at radius 3 is 2.34 bits per heavy atom. The van der Waals surface area contributed by atoms with Crippen LogP contribution in [0.3, 0.4) is 0 Å². The SMILES string of the molecule is COC(=O)[C@H](Cc1ccc2oc(-c3ccc(/C(=C4/N=C(C)C=C4C)n4cc(C)cc4C)cc3)nc2c1)NC(=O)OC(C)(C)C. The number of allylic oxidation sites excluding steroid dienone is 2. The zero-order valence-corrected chi connectivity index (χ0v) is 26.4. The lowest BCUT2D eigenvalue weighted by Gasteiger charge is -2.22. The molecule has 1 N–H and O–H groups in total. The number of benzene rings is 2. The fourth-order valence-corrected chi connectivity index (χ4v) is 5.31. The van der Waals surface area contributed by atoms with Gasteiger partial charge >= 0.3 is 12.1 Å². The number of rotatable bonds is 7. The Morgan fingerprint density at radius 2 is 1.75 bits per heavy atom. The summed E-state index contributed by atoms with van der Waals surface area (Å²) in [6.07, 6.45) is 3.74. The number of aliphatic imine (C=N–C) groups is 1. The number of aromatic nitrogens is 2. The Hall–Kier alpha value is -4.92. The number of fused-ring (bicyclic) bond motifs is 1. The summed E-state index contributed by atoms with van der Waals surface area (Å²) >= 11 is 0. The van der Waals surface area contributed by atoms with E-state index in [0.717, 1.165) is 45.1 Å². The van der Waals surface area contributed by atoms with Crippen molar-refractivity contribution in [1.29, 1.82) is 0 Å². The summed E-state index contributed by atoms with van der Waals surface area (Å²) in [5.74, 6) is -0.0891. The Labute approximate surface area is 257 Å². The molecule has 44 heavy (non-hydrogen) atoms. The van der Waals surface area contributed by atoms with Gasteiger partial charge in [-0.15, -0.1) is 0 Å². The number of oxazole rings is 1. The quantitative estimate of drug-likeness (QED) is 0.228. The molecule has 4 aromatic rings. The molecular formula is C35H38N4O5. The van der Waals surface area contributed by atoms with Crippen LogP contribution in [-0.2, 0) is 20.7 Å². The van der Waals surface area contributed by atoms with E-state index in [4.69, 9.17) is 23.9 Å². The van der Waals surface area contributed by atoms with Crippen LogP contribution in [0.25, 0.3) is 28.3 Å². The van der Waals surface area contributed by atoms with Gasteiger partial charge in [0.1, 0.15) is 17.2 Å². The zero-order chi connectivity index (χ0) is 31.8. The molecule has 0 saturated heterocycles. The van der Waals surface area contributed by atoms with Crippen LogP contribution in [0, 0.1) is 13.8 Å². The molecule has 1 aliphatic rings. The maximum absolute atomic E-state index is 12.4. The lowest BCUT2D eigenvalue weighted by molar-refractivity contribution is -0.143. The minimum Gasteiger partial charge on any atom is -0.467 e. The number of nitrogens with zero attached hydrogens (tertiary/aromatic N) is 3. The second-order valence-electron chi connectivity index (χ2n) is 12.1. The molecule has 1 aliphatic heterocycles. The van der Waals surface area contributed by atoms with Crippen LogP contribution in [0.2, 0.25) is 0 Å². The molecule has 0 fully saturated rings. The summed E-state index contributed by atoms with van der Waals surface area (Å²) < 4.78 is 18.5. The molecule has 0 unspecified atom stereocenters. The maximum atomic E-state index is 12.4. The van der Waals surface area contributed by atoms with Gasteiger partial charge in [0.05, 0.1) is 18.5 Å². The van der Waals surface area contributed by atoms with Crippen molar-refractivity contribution in [1.82, 2.24) is 14.9 Å². The third kappa shape index (κ3) is 6.67. The average molecular weight is 595 g/mol. The predicted octanol–water partition coefficient (Wildman–Crippen LogP) is 7.16. The second kappa shape index (κ2) is 12.0. The molecule has 0 bridgehead atoms. The number of aryl methyl sites for hydroxylation is 2. The molecule has 1 atom stereocenters. The number of amides is 1. The molecule has 228 valence electrons. The van der Waals surface area contributed by atoms with E-state index in [1.54, 1.807) is 20.8 Å². The van der Waals surface area contributed by atoms with Gasteiger partial charge < -0.3 is 23.8 Å². The number of nitrogens with one attached hydrogen (secondary N) is 1. The van der Waals surface area contributed by atoms with E-state index in [0.29, 0.717) is 17.0 Å². The minimum absolute atomic E-state index is 0.199. The minimum atomic E-state index is -0.922. The smallest absolute Gasteiger partial charge is 0.408 e. The number of alkyl carbamates (subject to hydrolysis) is 1. The monoisotopic (exact) mass is 594 g/mol. The first-order chi connectivity index (χ1) is 20.8. The van der Waals surface area contributed by atoms with Crippen molar-refractivity contribution in [3.8, 4) is 11.5 Å². The molecule has 0 aliphatic carbocycles. The van der Waals surface area contributed by atoms with Crippen LogP contribution < -0.4 is 5.32 Å². The van der Waals surface area contributed by atoms with Gasteiger partial charge in [-0.25, -0.2) is 14.6 Å². The molecule has 0 radical (unpaired) electrons. The van der Waals surface area contributed by atoms with Gasteiger partial charge in [0, 0.05) is 35.2 Å². The lowest BCUT2D eigenvalue weighted by Crippen LogP contribution is -2.45. The first-order valence-electron chi connectivity index (χ1n) is 14.5. The van der Waals surface area contributed by atoms with Crippen molar-refractivity contribution in [2.45, 2.75) is 66.5 Å². The van der Waals surface area contributed by atoms with Gasteiger partial charge in [-0.1, -0.05) is 18.2 Å². The molecule has 3 heterocycles. The molecule has 5 rings (SSSR count). The summed E-state index contributed by atoms with van der Waals surface area (Å²) in [4.78, 5) is 34.4. The molecule has 0 spiro atoms. The van der Waals surface area contributed by atoms with Crippen molar-refractivity contribution in [2.75, 3.05) is 7.11 Å². The number of carbonyl (C=O) groups excluding carboxylic acids is 2. The van der Waals surface area contributed by atoms with E-state index in [2.05, 4.69) is 61.1 Å². The topological polar surface area (TPSA) is 108 Å². The van der Waals surface area contributed by atoms with Crippen LogP contribution in [0.5, 0.6) is 0 Å². The van der Waals surface area contributed by atoms with Crippen molar-refractivity contribution < 1.29 is 23.5 Å². The maximum Gasteiger partial charge on any atom is 0.408 e. The van der Waals surface area contributed by atoms with Crippen molar-refractivity contribution in [2.24, 2.45) is 4.99 Å². The van der Waals surface area contributed by atoms with Crippen LogP contribution in [0.1, 0.15) is 57.0 Å². The highest BCUT2D eigenvalue weighted by molar-refractivity contribution is 5.99. The highest BCUT2D eigenvalue weighted by Gasteiger charge is 2.26. The highest BCUT2D eigenvalue weighted by atomic mass is 16.6. The summed E-state index contributed by atoms with van der Waals surface area (Å²) in [6, 6.07) is 14.9. The largest absolute Gasteiger partial charge is 0.467 e. The molecule has 9 nitrogen and oxygen atoms in total. The van der Waals surface area contributed by atoms with Crippen LogP contribution in [0.15, 0.2) is 81.5 Å². The molecule has 2 aromatic heterocycles. The third-order valence-corrected chi connectivity index (χ3v) is 7.18. The summed E-state index contributed by atoms with van der Waals surface area (Å²) in [5, 5.41) is 2.61. The number of carbonyl (C=O) groups is 2. The number of hydrogen-bond acceptors (Lipinski definition) is 7. The van der Waals surface area contributed by atoms with E-state index in [1.807, 2.05) is 37.3 Å². The van der Waals surface area contributed by atoms with Gasteiger partial charge in [-0.3, -0.25) is 4.99 Å². The Morgan fingerprint density at radius 1 is 1.02 bits per heavy atom. The molecule has 0 saturated carbocycles. The average Bonchev–Trinajstić information content (AvgIpc) is 3.62. The third-order valence-electron chi connectivity index (χ3n) is 7.18. The van der Waals surface area contributed by atoms with Gasteiger partial charge in [-0.05, 0) is 102 Å². The normalized spacial score (nSPS) is 15.1. The van der Waals surface area contributed by atoms with Crippen molar-refractivity contribution in [3.05, 3.63) is 94.5 Å². The Bertz CT molecular complexity index is 1830. The molecular weight excluding hydrogens is 556 g/mol. The fraction of sp³-hybridized carbons (Fsp3) is 0.314. The standard InChI is InChI=1S/C35H38N4O5/c1-20-15-23(4)39(19-20)31(30-21(2)16-22(3)36-30)25-10-12-26(13-11-25)32-37-27-17-24(9-14-29(27)43-32)18-28(33(40)42-8)38-34(41)44-35(5,6)7/h9-17,19,28H,18H2,1-8H3,(H,38,41)/b31-30-/t28-/m0/s1. The molecule has 9 heteroatoms. The van der Waals surface area contributed by atoms with Gasteiger partial charge in [0.15, 0.2) is 5.58 Å². The molecule has 1 amide bonds. The van der Waals surface area contributed by atoms with E-state index >= 15 is 0 Å². The van der Waals surface area contributed by atoms with Crippen LogP contribution in [-0.4, -0.2) is 46.1 Å². The van der Waals surface area contributed by atoms with Gasteiger partial charge in [0.25, 0.3) is 0 Å². The van der Waals surface area contributed by atoms with Crippen LogP contribution >= 0.6 is 0 Å². The Kier molecular flexibility index (Phi) is 8.32. The zero-order valence-electron chi connectivity index (χ0n) is 26.4.